The highest BCUT2D eigenvalue weighted by atomic mass is 32.2. The lowest BCUT2D eigenvalue weighted by atomic mass is 10.1. The van der Waals surface area contributed by atoms with Gasteiger partial charge in [0.2, 0.25) is 0 Å². The monoisotopic (exact) mass is 295 g/mol. The van der Waals surface area contributed by atoms with Crippen LogP contribution in [0, 0.1) is 0 Å². The molecule has 0 bridgehead atoms. The summed E-state index contributed by atoms with van der Waals surface area (Å²) in [4.78, 5) is 7.40. The minimum Gasteiger partial charge on any atom is -0.378 e. The second kappa shape index (κ2) is 6.85. The zero-order chi connectivity index (χ0) is 14.5. The van der Waals surface area contributed by atoms with Crippen molar-refractivity contribution in [3.63, 3.8) is 0 Å². The fourth-order valence-electron chi connectivity index (χ4n) is 2.09. The molecule has 6 heteroatoms. The minimum atomic E-state index is -0.948. The Bertz CT molecular complexity index is 496. The van der Waals surface area contributed by atoms with Gasteiger partial charge in [-0.1, -0.05) is 12.1 Å². The molecule has 1 aliphatic heterocycles. The maximum Gasteiger partial charge on any atom is 0.192 e. The number of morpholine rings is 1. The Balaban J connectivity index is 2.06. The zero-order valence-corrected chi connectivity index (χ0v) is 12.7. The van der Waals surface area contributed by atoms with Crippen molar-refractivity contribution >= 4 is 16.8 Å². The van der Waals surface area contributed by atoms with Gasteiger partial charge in [-0.3, -0.25) is 4.21 Å². The van der Waals surface area contributed by atoms with Gasteiger partial charge in [-0.25, -0.2) is 4.99 Å². The highest BCUT2D eigenvalue weighted by molar-refractivity contribution is 7.84. The lowest BCUT2D eigenvalue weighted by Gasteiger charge is -2.28. The van der Waals surface area contributed by atoms with Crippen molar-refractivity contribution in [2.75, 3.05) is 32.6 Å². The van der Waals surface area contributed by atoms with E-state index in [1.165, 1.54) is 0 Å². The molecule has 1 aromatic carbocycles. The Morgan fingerprint density at radius 1 is 1.35 bits per heavy atom. The van der Waals surface area contributed by atoms with Crippen LogP contribution in [0.1, 0.15) is 18.5 Å². The fraction of sp³-hybridized carbons (Fsp3) is 0.500. The van der Waals surface area contributed by atoms with Crippen LogP contribution >= 0.6 is 0 Å². The summed E-state index contributed by atoms with van der Waals surface area (Å²) in [6.45, 7) is 4.97. The van der Waals surface area contributed by atoms with Gasteiger partial charge in [0.15, 0.2) is 5.96 Å². The van der Waals surface area contributed by atoms with E-state index in [0.29, 0.717) is 19.2 Å². The Labute approximate surface area is 122 Å². The number of aliphatic imine (C=N–C) groups is 1. The molecule has 2 N–H and O–H groups in total. The lowest BCUT2D eigenvalue weighted by molar-refractivity contribution is 0.0673. The smallest absolute Gasteiger partial charge is 0.192 e. The summed E-state index contributed by atoms with van der Waals surface area (Å²) >= 11 is 0. The zero-order valence-electron chi connectivity index (χ0n) is 11.9. The molecule has 110 valence electrons. The van der Waals surface area contributed by atoms with E-state index in [2.05, 4.69) is 4.99 Å². The molecule has 0 spiro atoms. The first-order valence-corrected chi connectivity index (χ1v) is 8.23. The lowest BCUT2D eigenvalue weighted by Crippen LogP contribution is -2.44. The van der Waals surface area contributed by atoms with Crippen LogP contribution in [0.25, 0.3) is 0 Å². The van der Waals surface area contributed by atoms with Crippen LogP contribution in [0.4, 0.5) is 0 Å². The van der Waals surface area contributed by atoms with Gasteiger partial charge in [-0.15, -0.1) is 0 Å². The van der Waals surface area contributed by atoms with Gasteiger partial charge in [-0.2, -0.15) is 0 Å². The van der Waals surface area contributed by atoms with E-state index in [1.807, 2.05) is 36.1 Å². The van der Waals surface area contributed by atoms with Crippen molar-refractivity contribution in [3.05, 3.63) is 29.8 Å². The number of guanidine groups is 1. The molecule has 2 atom stereocenters. The Morgan fingerprint density at radius 3 is 2.50 bits per heavy atom. The minimum absolute atomic E-state index is 0.0165. The van der Waals surface area contributed by atoms with Crippen LogP contribution < -0.4 is 5.73 Å². The first kappa shape index (κ1) is 15.0. The van der Waals surface area contributed by atoms with Gasteiger partial charge in [0, 0.05) is 35.0 Å². The average molecular weight is 295 g/mol. The Kier molecular flexibility index (Phi) is 5.14. The van der Waals surface area contributed by atoms with Crippen LogP contribution in [0.15, 0.2) is 34.2 Å². The quantitative estimate of drug-likeness (QED) is 0.670. The van der Waals surface area contributed by atoms with E-state index in [4.69, 9.17) is 10.5 Å². The van der Waals surface area contributed by atoms with Crippen LogP contribution in [0.2, 0.25) is 0 Å². The van der Waals surface area contributed by atoms with E-state index in [9.17, 15) is 4.21 Å². The van der Waals surface area contributed by atoms with Crippen LogP contribution in [0.5, 0.6) is 0 Å². The number of nitrogens with zero attached hydrogens (tertiary/aromatic N) is 2. The number of rotatable bonds is 3. The highest BCUT2D eigenvalue weighted by Crippen LogP contribution is 2.18. The van der Waals surface area contributed by atoms with Gasteiger partial charge in [0.1, 0.15) is 0 Å². The van der Waals surface area contributed by atoms with Crippen molar-refractivity contribution in [1.82, 2.24) is 4.90 Å². The fourth-order valence-corrected chi connectivity index (χ4v) is 2.60. The van der Waals surface area contributed by atoms with E-state index in [1.54, 1.807) is 6.26 Å². The second-order valence-corrected chi connectivity index (χ2v) is 6.17. The van der Waals surface area contributed by atoms with Crippen molar-refractivity contribution < 1.29 is 8.95 Å². The average Bonchev–Trinajstić information content (AvgIpc) is 2.48. The predicted molar refractivity (Wildman–Crippen MR) is 81.2 cm³/mol. The van der Waals surface area contributed by atoms with Gasteiger partial charge < -0.3 is 15.4 Å². The van der Waals surface area contributed by atoms with Gasteiger partial charge in [-0.05, 0) is 24.6 Å². The molecule has 1 aromatic rings. The number of nitrogens with two attached hydrogens (primary N) is 1. The van der Waals surface area contributed by atoms with Crippen LogP contribution in [0.3, 0.4) is 0 Å². The predicted octanol–water partition coefficient (Wildman–Crippen LogP) is 1.13. The van der Waals surface area contributed by atoms with E-state index < -0.39 is 10.8 Å². The third kappa shape index (κ3) is 3.80. The standard InChI is InChI=1S/C14H21N3O2S/c1-11(12-3-5-13(6-4-12)20(2)18)16-14(15)17-7-9-19-10-8-17/h3-6,11H,7-10H2,1-2H3,(H2,15,16). The molecule has 0 saturated carbocycles. The van der Waals surface area contributed by atoms with E-state index in [-0.39, 0.29) is 6.04 Å². The maximum absolute atomic E-state index is 11.4. The molecule has 20 heavy (non-hydrogen) atoms. The SMILES string of the molecule is CC(N=C(N)N1CCOCC1)c1ccc(S(C)=O)cc1. The van der Waals surface area contributed by atoms with Crippen molar-refractivity contribution in [1.29, 1.82) is 0 Å². The third-order valence-electron chi connectivity index (χ3n) is 3.36. The summed E-state index contributed by atoms with van der Waals surface area (Å²) < 4.78 is 16.6. The summed E-state index contributed by atoms with van der Waals surface area (Å²) in [6, 6.07) is 7.65. The largest absolute Gasteiger partial charge is 0.378 e. The summed E-state index contributed by atoms with van der Waals surface area (Å²) in [5, 5.41) is 0. The molecule has 0 radical (unpaired) electrons. The van der Waals surface area contributed by atoms with E-state index >= 15 is 0 Å². The van der Waals surface area contributed by atoms with Gasteiger partial charge in [0.05, 0.1) is 19.3 Å². The molecule has 1 fully saturated rings. The number of benzene rings is 1. The first-order valence-electron chi connectivity index (χ1n) is 6.67. The number of hydrogen-bond acceptors (Lipinski definition) is 3. The van der Waals surface area contributed by atoms with Crippen molar-refractivity contribution in [3.8, 4) is 0 Å². The molecular weight excluding hydrogens is 274 g/mol. The first-order chi connectivity index (χ1) is 9.58. The van der Waals surface area contributed by atoms with Gasteiger partial charge in [0.25, 0.3) is 0 Å². The third-order valence-corrected chi connectivity index (χ3v) is 4.29. The Morgan fingerprint density at radius 2 is 1.95 bits per heavy atom. The number of hydrogen-bond donors (Lipinski definition) is 1. The summed E-state index contributed by atoms with van der Waals surface area (Å²) in [5.41, 5.74) is 7.10. The topological polar surface area (TPSA) is 67.9 Å². The summed E-state index contributed by atoms with van der Waals surface area (Å²) in [5.74, 6) is 0.559. The van der Waals surface area contributed by atoms with Crippen molar-refractivity contribution in [2.45, 2.75) is 17.9 Å². The second-order valence-electron chi connectivity index (χ2n) is 4.79. The molecule has 1 heterocycles. The molecule has 0 aromatic heterocycles. The molecule has 2 rings (SSSR count). The Hall–Kier alpha value is -1.40. The summed E-state index contributed by atoms with van der Waals surface area (Å²) in [6.07, 6.45) is 1.67. The molecular formula is C14H21N3O2S. The normalized spacial score (nSPS) is 19.7. The van der Waals surface area contributed by atoms with Crippen molar-refractivity contribution in [2.24, 2.45) is 10.7 Å². The highest BCUT2D eigenvalue weighted by Gasteiger charge is 2.14. The number of ether oxygens (including phenoxy) is 1. The molecule has 0 aliphatic carbocycles. The molecule has 1 aliphatic rings. The molecule has 1 saturated heterocycles. The maximum atomic E-state index is 11.4. The van der Waals surface area contributed by atoms with E-state index in [0.717, 1.165) is 23.5 Å². The van der Waals surface area contributed by atoms with Crippen LogP contribution in [-0.4, -0.2) is 47.6 Å². The molecule has 0 amide bonds. The van der Waals surface area contributed by atoms with Gasteiger partial charge >= 0.3 is 0 Å². The molecule has 2 unspecified atom stereocenters. The molecule has 5 nitrogen and oxygen atoms in total. The summed E-state index contributed by atoms with van der Waals surface area (Å²) in [7, 11) is -0.948. The van der Waals surface area contributed by atoms with Crippen LogP contribution in [-0.2, 0) is 15.5 Å².